The summed E-state index contributed by atoms with van der Waals surface area (Å²) in [6.45, 7) is 14.8. The fourth-order valence-electron chi connectivity index (χ4n) is 2.75. The van der Waals surface area contributed by atoms with Crippen LogP contribution in [0.3, 0.4) is 0 Å². The average molecular weight is 414 g/mol. The fourth-order valence-corrected chi connectivity index (χ4v) is 2.75. The van der Waals surface area contributed by atoms with Crippen LogP contribution in [0.1, 0.15) is 81.6 Å². The highest BCUT2D eigenvalue weighted by molar-refractivity contribution is 6.12. The van der Waals surface area contributed by atoms with Gasteiger partial charge in [0.05, 0.1) is 0 Å². The number of amides is 2. The van der Waals surface area contributed by atoms with E-state index in [1.54, 1.807) is 62.3 Å². The third-order valence-electron chi connectivity index (χ3n) is 3.70. The third-order valence-corrected chi connectivity index (χ3v) is 3.70. The van der Waals surface area contributed by atoms with Crippen LogP contribution in [-0.4, -0.2) is 51.3 Å². The monoisotopic (exact) mass is 414 g/mol. The molecule has 0 aliphatic heterocycles. The lowest BCUT2D eigenvalue weighted by atomic mass is 9.95. The number of hydrogen-bond acceptors (Lipinski definition) is 7. The van der Waals surface area contributed by atoms with Crippen molar-refractivity contribution < 1.29 is 33.4 Å². The molecule has 0 radical (unpaired) electrons. The van der Waals surface area contributed by atoms with E-state index in [2.05, 4.69) is 5.43 Å². The van der Waals surface area contributed by atoms with Crippen molar-refractivity contribution in [2.75, 3.05) is 0 Å². The number of hydrazine groups is 1. The van der Waals surface area contributed by atoms with Gasteiger partial charge in [0.2, 0.25) is 5.54 Å². The van der Waals surface area contributed by atoms with Crippen LogP contribution >= 0.6 is 0 Å². The maximum atomic E-state index is 13.1. The Labute approximate surface area is 172 Å². The van der Waals surface area contributed by atoms with Crippen LogP contribution < -0.4 is 5.43 Å². The number of ketones is 1. The molecule has 9 nitrogen and oxygen atoms in total. The molecular weight excluding hydrogens is 380 g/mol. The second-order valence-corrected chi connectivity index (χ2v) is 10.1. The fraction of sp³-hybridized carbons (Fsp3) is 0.800. The zero-order valence-corrected chi connectivity index (χ0v) is 18.9. The molecule has 1 aliphatic rings. The van der Waals surface area contributed by atoms with E-state index in [1.807, 2.05) is 0 Å². The van der Waals surface area contributed by atoms with Gasteiger partial charge in [-0.3, -0.25) is 4.79 Å². The third kappa shape index (κ3) is 6.90. The molecule has 0 bridgehead atoms. The van der Waals surface area contributed by atoms with E-state index >= 15 is 0 Å². The minimum Gasteiger partial charge on any atom is -0.458 e. The number of nitrogens with zero attached hydrogens (tertiary/aromatic N) is 1. The molecule has 1 N–H and O–H groups in total. The lowest BCUT2D eigenvalue weighted by molar-refractivity contribution is -0.173. The summed E-state index contributed by atoms with van der Waals surface area (Å²) in [5.41, 5.74) is -2.46. The van der Waals surface area contributed by atoms with Crippen molar-refractivity contribution in [3.8, 4) is 0 Å². The molecule has 29 heavy (non-hydrogen) atoms. The van der Waals surface area contributed by atoms with Gasteiger partial charge in [0, 0.05) is 6.42 Å². The smallest absolute Gasteiger partial charge is 0.430 e. The van der Waals surface area contributed by atoms with Gasteiger partial charge in [0.25, 0.3) is 0 Å². The van der Waals surface area contributed by atoms with Gasteiger partial charge in [0.15, 0.2) is 5.78 Å². The van der Waals surface area contributed by atoms with Crippen LogP contribution in [0.15, 0.2) is 0 Å². The molecule has 2 amide bonds. The van der Waals surface area contributed by atoms with E-state index in [0.717, 1.165) is 0 Å². The molecule has 0 heterocycles. The largest absolute Gasteiger partial charge is 0.458 e. The Hall–Kier alpha value is -2.32. The number of ether oxygens (including phenoxy) is 3. The van der Waals surface area contributed by atoms with Crippen LogP contribution in [0.25, 0.3) is 0 Å². The zero-order valence-electron chi connectivity index (χ0n) is 18.9. The van der Waals surface area contributed by atoms with E-state index in [9.17, 15) is 19.2 Å². The Balaban J connectivity index is 3.40. The van der Waals surface area contributed by atoms with Crippen molar-refractivity contribution >= 4 is 23.9 Å². The number of rotatable bonds is 2. The summed E-state index contributed by atoms with van der Waals surface area (Å²) in [6, 6.07) is 0. The predicted molar refractivity (Wildman–Crippen MR) is 105 cm³/mol. The maximum absolute atomic E-state index is 13.1. The van der Waals surface area contributed by atoms with E-state index in [1.165, 1.54) is 0 Å². The Kier molecular flexibility index (Phi) is 6.99. The minimum atomic E-state index is -2.02. The molecule has 0 aromatic carbocycles. The summed E-state index contributed by atoms with van der Waals surface area (Å²) < 4.78 is 16.0. The van der Waals surface area contributed by atoms with Crippen molar-refractivity contribution in [1.29, 1.82) is 0 Å². The van der Waals surface area contributed by atoms with Crippen molar-refractivity contribution in [1.82, 2.24) is 10.4 Å². The average Bonchev–Trinajstić information content (AvgIpc) is 2.81. The van der Waals surface area contributed by atoms with E-state index in [4.69, 9.17) is 14.2 Å². The van der Waals surface area contributed by atoms with Gasteiger partial charge < -0.3 is 14.2 Å². The number of hydrogen-bond donors (Lipinski definition) is 1. The molecule has 0 unspecified atom stereocenters. The number of esters is 1. The Bertz CT molecular complexity index is 668. The molecule has 9 heteroatoms. The highest BCUT2D eigenvalue weighted by Crippen LogP contribution is 2.35. The van der Waals surface area contributed by atoms with Gasteiger partial charge in [-0.1, -0.05) is 0 Å². The number of nitrogens with one attached hydrogen (secondary N) is 1. The van der Waals surface area contributed by atoms with Crippen LogP contribution in [0.4, 0.5) is 9.59 Å². The summed E-state index contributed by atoms with van der Waals surface area (Å²) >= 11 is 0. The summed E-state index contributed by atoms with van der Waals surface area (Å²) in [6.07, 6.45) is -1.63. The lowest BCUT2D eigenvalue weighted by Crippen LogP contribution is -2.67. The second kappa shape index (κ2) is 8.20. The summed E-state index contributed by atoms with van der Waals surface area (Å²) in [4.78, 5) is 51.3. The summed E-state index contributed by atoms with van der Waals surface area (Å²) in [5, 5.41) is 0.635. The Morgan fingerprint density at radius 2 is 1.34 bits per heavy atom. The first kappa shape index (κ1) is 24.7. The quantitative estimate of drug-likeness (QED) is 0.318. The SMILES string of the molecule is CC(C)(C)OC(=O)NN(C(=O)OC(C)(C)C)[C@@]1(C(=O)OC(C)(C)C)CCCC1=O. The Morgan fingerprint density at radius 1 is 0.862 bits per heavy atom. The summed E-state index contributed by atoms with van der Waals surface area (Å²) in [7, 11) is 0. The van der Waals surface area contributed by atoms with E-state index in [-0.39, 0.29) is 12.8 Å². The highest BCUT2D eigenvalue weighted by atomic mass is 16.6. The number of carbonyl (C=O) groups is 4. The molecular formula is C20H34N2O7. The Morgan fingerprint density at radius 3 is 1.72 bits per heavy atom. The van der Waals surface area contributed by atoms with Gasteiger partial charge in [-0.2, -0.15) is 5.01 Å². The normalized spacial score (nSPS) is 20.1. The van der Waals surface area contributed by atoms with Gasteiger partial charge >= 0.3 is 18.2 Å². The van der Waals surface area contributed by atoms with Crippen LogP contribution in [0.2, 0.25) is 0 Å². The minimum absolute atomic E-state index is 0.00418. The number of carbonyl (C=O) groups excluding carboxylic acids is 4. The van der Waals surface area contributed by atoms with Gasteiger partial charge in [0.1, 0.15) is 16.8 Å². The van der Waals surface area contributed by atoms with Crippen molar-refractivity contribution in [3.63, 3.8) is 0 Å². The van der Waals surface area contributed by atoms with Crippen LogP contribution in [-0.2, 0) is 23.8 Å². The molecule has 0 saturated heterocycles. The van der Waals surface area contributed by atoms with Gasteiger partial charge in [-0.25, -0.2) is 19.8 Å². The van der Waals surface area contributed by atoms with E-state index < -0.39 is 46.3 Å². The second-order valence-electron chi connectivity index (χ2n) is 10.1. The molecule has 1 aliphatic carbocycles. The standard InChI is InChI=1S/C20H34N2O7/c1-17(2,3)27-14(24)20(12-10-11-13(20)23)22(16(26)29-19(7,8)9)21-15(25)28-18(4,5)6/h10-12H2,1-9H3,(H,21,25)/t20-/m0/s1. The molecule has 1 fully saturated rings. The molecule has 0 aromatic rings. The topological polar surface area (TPSA) is 111 Å². The molecule has 166 valence electrons. The first-order valence-corrected chi connectivity index (χ1v) is 9.67. The first-order valence-electron chi connectivity index (χ1n) is 9.67. The molecule has 1 atom stereocenters. The van der Waals surface area contributed by atoms with Crippen LogP contribution in [0, 0.1) is 0 Å². The molecule has 0 aromatic heterocycles. The first-order chi connectivity index (χ1) is 12.9. The van der Waals surface area contributed by atoms with Crippen molar-refractivity contribution in [2.45, 2.75) is 104 Å². The molecule has 1 saturated carbocycles. The number of Topliss-reactive ketones (excluding diaryl/α,β-unsaturated/α-hetero) is 1. The predicted octanol–water partition coefficient (Wildman–Crippen LogP) is 3.50. The van der Waals surface area contributed by atoms with Crippen molar-refractivity contribution in [2.24, 2.45) is 0 Å². The molecule has 0 spiro atoms. The zero-order chi connectivity index (χ0) is 22.8. The van der Waals surface area contributed by atoms with Crippen LogP contribution in [0.5, 0.6) is 0 Å². The maximum Gasteiger partial charge on any atom is 0.430 e. The van der Waals surface area contributed by atoms with E-state index in [0.29, 0.717) is 11.4 Å². The van der Waals surface area contributed by atoms with Crippen molar-refractivity contribution in [3.05, 3.63) is 0 Å². The van der Waals surface area contributed by atoms with Gasteiger partial charge in [-0.15, -0.1) is 0 Å². The molecule has 1 rings (SSSR count). The lowest BCUT2D eigenvalue weighted by Gasteiger charge is -2.39. The van der Waals surface area contributed by atoms with Gasteiger partial charge in [-0.05, 0) is 75.2 Å². The highest BCUT2D eigenvalue weighted by Gasteiger charge is 2.59. The summed E-state index contributed by atoms with van der Waals surface area (Å²) in [5.74, 6) is -1.46.